The Bertz CT molecular complexity index is 774. The molecule has 0 saturated heterocycles. The first kappa shape index (κ1) is 17.9. The minimum atomic E-state index is -4.60. The van der Waals surface area contributed by atoms with Gasteiger partial charge in [-0.1, -0.05) is 12.1 Å². The molecule has 0 radical (unpaired) electrons. The van der Waals surface area contributed by atoms with E-state index in [1.54, 1.807) is 12.1 Å². The van der Waals surface area contributed by atoms with Gasteiger partial charge in [-0.2, -0.15) is 0 Å². The summed E-state index contributed by atoms with van der Waals surface area (Å²) < 4.78 is 10.9. The van der Waals surface area contributed by atoms with E-state index in [2.05, 4.69) is 0 Å². The maximum Gasteiger partial charge on any atom is 0.427 e. The van der Waals surface area contributed by atoms with E-state index >= 15 is 0 Å². The number of carbonyl (C=O) groups excluding carboxylic acids is 2. The SMILES string of the molecule is O=C(CCc1ccc(O)cc1)C1=C(O)C=C(NP(=O)(O)O)CC1=O. The first-order valence-corrected chi connectivity index (χ1v) is 8.59. The second kappa shape index (κ2) is 7.00. The summed E-state index contributed by atoms with van der Waals surface area (Å²) in [5, 5.41) is 20.9. The minimum absolute atomic E-state index is 0.0228. The monoisotopic (exact) mass is 353 g/mol. The highest BCUT2D eigenvalue weighted by atomic mass is 31.2. The minimum Gasteiger partial charge on any atom is -0.508 e. The third-order valence-electron chi connectivity index (χ3n) is 3.34. The molecule has 1 aliphatic rings. The summed E-state index contributed by atoms with van der Waals surface area (Å²) in [6.07, 6.45) is 0.856. The quantitative estimate of drug-likeness (QED) is 0.379. The topological polar surface area (TPSA) is 144 Å². The Hall–Kier alpha value is -2.41. The molecular weight excluding hydrogens is 337 g/mol. The third-order valence-corrected chi connectivity index (χ3v) is 3.92. The summed E-state index contributed by atoms with van der Waals surface area (Å²) >= 11 is 0. The fraction of sp³-hybridized carbons (Fsp3) is 0.200. The maximum absolute atomic E-state index is 12.2. The Morgan fingerprint density at radius 1 is 1.17 bits per heavy atom. The lowest BCUT2D eigenvalue weighted by Crippen LogP contribution is -2.23. The Morgan fingerprint density at radius 2 is 1.79 bits per heavy atom. The van der Waals surface area contributed by atoms with Crippen LogP contribution in [0.5, 0.6) is 5.75 Å². The van der Waals surface area contributed by atoms with Crippen LogP contribution in [0.4, 0.5) is 0 Å². The number of hydrogen-bond acceptors (Lipinski definition) is 5. The van der Waals surface area contributed by atoms with Crippen molar-refractivity contribution in [3.8, 4) is 5.75 Å². The highest BCUT2D eigenvalue weighted by Crippen LogP contribution is 2.33. The first-order chi connectivity index (χ1) is 11.2. The average Bonchev–Trinajstić information content (AvgIpc) is 2.44. The van der Waals surface area contributed by atoms with Crippen molar-refractivity contribution in [2.75, 3.05) is 0 Å². The van der Waals surface area contributed by atoms with E-state index in [4.69, 9.17) is 9.79 Å². The van der Waals surface area contributed by atoms with Gasteiger partial charge >= 0.3 is 7.75 Å². The van der Waals surface area contributed by atoms with Gasteiger partial charge in [0.25, 0.3) is 0 Å². The highest BCUT2D eigenvalue weighted by Gasteiger charge is 2.28. The molecule has 8 nitrogen and oxygen atoms in total. The highest BCUT2D eigenvalue weighted by molar-refractivity contribution is 7.49. The first-order valence-electron chi connectivity index (χ1n) is 6.97. The van der Waals surface area contributed by atoms with Gasteiger partial charge < -0.3 is 20.0 Å². The fourth-order valence-corrected chi connectivity index (χ4v) is 2.81. The smallest absolute Gasteiger partial charge is 0.427 e. The van der Waals surface area contributed by atoms with Crippen LogP contribution in [0.25, 0.3) is 0 Å². The Morgan fingerprint density at radius 3 is 2.33 bits per heavy atom. The van der Waals surface area contributed by atoms with Crippen LogP contribution >= 0.6 is 7.75 Å². The van der Waals surface area contributed by atoms with Gasteiger partial charge in [0.05, 0.1) is 6.42 Å². The van der Waals surface area contributed by atoms with Crippen molar-refractivity contribution in [3.05, 3.63) is 52.9 Å². The van der Waals surface area contributed by atoms with E-state index in [9.17, 15) is 24.4 Å². The number of benzene rings is 1. The molecule has 1 aromatic carbocycles. The molecule has 0 spiro atoms. The zero-order chi connectivity index (χ0) is 17.9. The number of rotatable bonds is 6. The van der Waals surface area contributed by atoms with Crippen molar-refractivity contribution in [2.24, 2.45) is 0 Å². The van der Waals surface area contributed by atoms with Gasteiger partial charge in [-0.25, -0.2) is 4.57 Å². The number of aliphatic hydroxyl groups is 1. The molecule has 0 fully saturated rings. The molecule has 0 atom stereocenters. The molecule has 1 aromatic rings. The summed E-state index contributed by atoms with van der Waals surface area (Å²) in [7, 11) is -4.60. The van der Waals surface area contributed by atoms with Crippen molar-refractivity contribution >= 4 is 19.3 Å². The van der Waals surface area contributed by atoms with Crippen LogP contribution in [0.2, 0.25) is 0 Å². The van der Waals surface area contributed by atoms with E-state index in [0.29, 0.717) is 6.42 Å². The molecule has 0 amide bonds. The van der Waals surface area contributed by atoms with Crippen LogP contribution in [-0.2, 0) is 20.6 Å². The van der Waals surface area contributed by atoms with E-state index in [0.717, 1.165) is 11.6 Å². The largest absolute Gasteiger partial charge is 0.508 e. The summed E-state index contributed by atoms with van der Waals surface area (Å²) in [6, 6.07) is 6.24. The summed E-state index contributed by atoms with van der Waals surface area (Å²) in [6.45, 7) is 0. The Balaban J connectivity index is 2.10. The molecule has 0 bridgehead atoms. The van der Waals surface area contributed by atoms with Crippen LogP contribution in [0.3, 0.4) is 0 Å². The van der Waals surface area contributed by atoms with Gasteiger partial charge in [0, 0.05) is 18.2 Å². The number of hydrogen-bond donors (Lipinski definition) is 5. The normalized spacial score (nSPS) is 15.2. The molecule has 0 saturated carbocycles. The van der Waals surface area contributed by atoms with Crippen LogP contribution in [0.15, 0.2) is 47.4 Å². The molecule has 0 unspecified atom stereocenters. The Labute approximate surface area is 137 Å². The maximum atomic E-state index is 12.2. The molecule has 5 N–H and O–H groups in total. The predicted molar refractivity (Wildman–Crippen MR) is 84.0 cm³/mol. The van der Waals surface area contributed by atoms with Crippen molar-refractivity contribution in [1.29, 1.82) is 0 Å². The van der Waals surface area contributed by atoms with Crippen LogP contribution in [-0.4, -0.2) is 31.6 Å². The zero-order valence-corrected chi connectivity index (χ0v) is 13.4. The molecule has 24 heavy (non-hydrogen) atoms. The number of ketones is 2. The molecule has 0 heterocycles. The third kappa shape index (κ3) is 4.79. The lowest BCUT2D eigenvalue weighted by molar-refractivity contribution is -0.121. The molecule has 128 valence electrons. The van der Waals surface area contributed by atoms with E-state index in [1.807, 2.05) is 5.09 Å². The van der Waals surface area contributed by atoms with Gasteiger partial charge in [0.1, 0.15) is 17.1 Å². The van der Waals surface area contributed by atoms with Crippen LogP contribution < -0.4 is 5.09 Å². The van der Waals surface area contributed by atoms with Crippen molar-refractivity contribution < 1.29 is 34.2 Å². The molecule has 0 aromatic heterocycles. The molecular formula is C15H16NO7P. The molecule has 9 heteroatoms. The number of nitrogens with one attached hydrogen (secondary N) is 1. The van der Waals surface area contributed by atoms with Gasteiger partial charge in [0.15, 0.2) is 11.6 Å². The fourth-order valence-electron chi connectivity index (χ4n) is 2.30. The number of aliphatic hydroxyl groups excluding tert-OH is 1. The van der Waals surface area contributed by atoms with Crippen LogP contribution in [0.1, 0.15) is 18.4 Å². The van der Waals surface area contributed by atoms with E-state index < -0.39 is 31.5 Å². The number of Topliss-reactive ketones (excluding diaryl/α,β-unsaturated/α-hetero) is 2. The number of aromatic hydroxyl groups is 1. The molecule has 1 aliphatic carbocycles. The number of carbonyl (C=O) groups is 2. The summed E-state index contributed by atoms with van der Waals surface area (Å²) in [5.41, 5.74) is 0.259. The van der Waals surface area contributed by atoms with E-state index in [1.165, 1.54) is 12.1 Å². The van der Waals surface area contributed by atoms with Crippen molar-refractivity contribution in [1.82, 2.24) is 5.09 Å². The molecule has 0 aliphatic heterocycles. The van der Waals surface area contributed by atoms with Crippen LogP contribution in [0, 0.1) is 0 Å². The number of aryl methyl sites for hydroxylation is 1. The molecule has 2 rings (SSSR count). The van der Waals surface area contributed by atoms with Crippen molar-refractivity contribution in [2.45, 2.75) is 19.3 Å². The van der Waals surface area contributed by atoms with Gasteiger partial charge in [-0.3, -0.25) is 14.7 Å². The second-order valence-electron chi connectivity index (χ2n) is 5.28. The average molecular weight is 353 g/mol. The lowest BCUT2D eigenvalue weighted by Gasteiger charge is -2.17. The standard InChI is InChI=1S/C15H16NO7P/c17-11-4-1-9(2-5-11)3-6-12(18)15-13(19)7-10(8-14(15)20)16-24(21,22)23/h1-2,4-5,7,17,19H,3,6,8H2,(H3,16,21,22,23). The lowest BCUT2D eigenvalue weighted by atomic mass is 9.93. The van der Waals surface area contributed by atoms with Gasteiger partial charge in [0.2, 0.25) is 0 Å². The number of phenols is 1. The number of allylic oxidation sites excluding steroid dienone is 3. The Kier molecular flexibility index (Phi) is 5.23. The van der Waals surface area contributed by atoms with Gasteiger partial charge in [-0.05, 0) is 24.1 Å². The zero-order valence-electron chi connectivity index (χ0n) is 12.5. The number of phenolic OH excluding ortho intramolecular Hbond substituents is 1. The summed E-state index contributed by atoms with van der Waals surface area (Å²) in [4.78, 5) is 41.8. The van der Waals surface area contributed by atoms with E-state index in [-0.39, 0.29) is 23.4 Å². The van der Waals surface area contributed by atoms with Crippen molar-refractivity contribution in [3.63, 3.8) is 0 Å². The predicted octanol–water partition coefficient (Wildman–Crippen LogP) is 1.24. The summed E-state index contributed by atoms with van der Waals surface area (Å²) in [5.74, 6) is -1.78. The second-order valence-corrected chi connectivity index (χ2v) is 6.59. The van der Waals surface area contributed by atoms with Gasteiger partial charge in [-0.15, -0.1) is 0 Å².